The third-order valence-corrected chi connectivity index (χ3v) is 6.20. The third kappa shape index (κ3) is 4.73. The summed E-state index contributed by atoms with van der Waals surface area (Å²) in [4.78, 5) is 12.6. The van der Waals surface area contributed by atoms with Crippen molar-refractivity contribution in [1.82, 2.24) is 5.32 Å². The molecule has 0 aliphatic carbocycles. The highest BCUT2D eigenvalue weighted by molar-refractivity contribution is 7.92. The number of hydrogen-bond acceptors (Lipinski definition) is 6. The predicted molar refractivity (Wildman–Crippen MR) is 109 cm³/mol. The lowest BCUT2D eigenvalue weighted by Crippen LogP contribution is -2.51. The third-order valence-electron chi connectivity index (χ3n) is 4.46. The molecule has 0 saturated heterocycles. The highest BCUT2D eigenvalue weighted by atomic mass is 32.2. The maximum absolute atomic E-state index is 12.6. The van der Waals surface area contributed by atoms with Crippen LogP contribution in [0.4, 0.5) is 5.69 Å². The van der Waals surface area contributed by atoms with Gasteiger partial charge in [0.1, 0.15) is 12.4 Å². The van der Waals surface area contributed by atoms with Gasteiger partial charge in [0.2, 0.25) is 10.0 Å². The van der Waals surface area contributed by atoms with Gasteiger partial charge in [0, 0.05) is 0 Å². The molecular weight excluding hydrogens is 396 g/mol. The van der Waals surface area contributed by atoms with E-state index in [1.54, 1.807) is 50.4 Å². The van der Waals surface area contributed by atoms with Crippen molar-refractivity contribution >= 4 is 21.6 Å². The van der Waals surface area contributed by atoms with Gasteiger partial charge < -0.3 is 19.5 Å². The van der Waals surface area contributed by atoms with Gasteiger partial charge in [-0.05, 0) is 31.2 Å². The Hall–Kier alpha value is -2.94. The summed E-state index contributed by atoms with van der Waals surface area (Å²) < 4.78 is 42.8. The second-order valence-corrected chi connectivity index (χ2v) is 8.48. The standard InChI is InChI=1S/C20H24N2O6S/c1-3-29(24,25)22-14-19(28-16-9-5-4-8-15(16)22)20(23)21-12-13-27-18-11-7-6-10-17(18)26-2/h4-11,19H,3,12-14H2,1-2H3,(H,21,23)/t19-/m1/s1. The second-order valence-electron chi connectivity index (χ2n) is 6.30. The molecule has 0 radical (unpaired) electrons. The average molecular weight is 420 g/mol. The molecule has 0 fully saturated rings. The second kappa shape index (κ2) is 9.04. The van der Waals surface area contributed by atoms with Crippen molar-refractivity contribution in [1.29, 1.82) is 0 Å². The Labute approximate surface area is 170 Å². The Kier molecular flexibility index (Phi) is 6.48. The van der Waals surface area contributed by atoms with Crippen molar-refractivity contribution < 1.29 is 27.4 Å². The van der Waals surface area contributed by atoms with Crippen LogP contribution in [0.3, 0.4) is 0 Å². The molecule has 2 aromatic carbocycles. The normalized spacial score (nSPS) is 15.8. The van der Waals surface area contributed by atoms with Crippen LogP contribution in [0.5, 0.6) is 17.2 Å². The first kappa shape index (κ1) is 20.8. The Morgan fingerprint density at radius 2 is 1.86 bits per heavy atom. The maximum Gasteiger partial charge on any atom is 0.263 e. The number of rotatable bonds is 8. The van der Waals surface area contributed by atoms with E-state index in [1.807, 2.05) is 12.1 Å². The Balaban J connectivity index is 1.61. The molecule has 0 bridgehead atoms. The van der Waals surface area contributed by atoms with E-state index in [1.165, 1.54) is 4.31 Å². The molecule has 0 aromatic heterocycles. The lowest BCUT2D eigenvalue weighted by atomic mass is 10.2. The lowest BCUT2D eigenvalue weighted by Gasteiger charge is -2.34. The smallest absolute Gasteiger partial charge is 0.263 e. The minimum atomic E-state index is -3.54. The van der Waals surface area contributed by atoms with Gasteiger partial charge in [-0.2, -0.15) is 0 Å². The quantitative estimate of drug-likeness (QED) is 0.655. The van der Waals surface area contributed by atoms with Crippen molar-refractivity contribution in [3.63, 3.8) is 0 Å². The van der Waals surface area contributed by atoms with Crippen LogP contribution in [0, 0.1) is 0 Å². The predicted octanol–water partition coefficient (Wildman–Crippen LogP) is 1.81. The number of sulfonamides is 1. The molecule has 2 aromatic rings. The van der Waals surface area contributed by atoms with Crippen LogP contribution < -0.4 is 23.8 Å². The van der Waals surface area contributed by atoms with E-state index >= 15 is 0 Å². The van der Waals surface area contributed by atoms with Crippen LogP contribution in [0.15, 0.2) is 48.5 Å². The van der Waals surface area contributed by atoms with Crippen molar-refractivity contribution in [2.24, 2.45) is 0 Å². The number of benzene rings is 2. The lowest BCUT2D eigenvalue weighted by molar-refractivity contribution is -0.127. The number of para-hydroxylation sites is 4. The number of fused-ring (bicyclic) bond motifs is 1. The number of carbonyl (C=O) groups is 1. The summed E-state index contributed by atoms with van der Waals surface area (Å²) in [6, 6.07) is 14.0. The monoisotopic (exact) mass is 420 g/mol. The van der Waals surface area contributed by atoms with E-state index in [9.17, 15) is 13.2 Å². The molecule has 1 heterocycles. The maximum atomic E-state index is 12.6. The first-order valence-corrected chi connectivity index (χ1v) is 10.9. The molecule has 1 atom stereocenters. The molecule has 9 heteroatoms. The minimum absolute atomic E-state index is 0.0670. The molecule has 8 nitrogen and oxygen atoms in total. The number of methoxy groups -OCH3 is 1. The molecular formula is C20H24N2O6S. The first-order valence-electron chi connectivity index (χ1n) is 9.26. The molecule has 1 aliphatic rings. The molecule has 156 valence electrons. The van der Waals surface area contributed by atoms with Crippen LogP contribution in [0.25, 0.3) is 0 Å². The molecule has 1 amide bonds. The zero-order valence-electron chi connectivity index (χ0n) is 16.3. The van der Waals surface area contributed by atoms with Crippen LogP contribution in [-0.2, 0) is 14.8 Å². The minimum Gasteiger partial charge on any atom is -0.493 e. The van der Waals surface area contributed by atoms with Crippen molar-refractivity contribution in [3.8, 4) is 17.2 Å². The van der Waals surface area contributed by atoms with Gasteiger partial charge >= 0.3 is 0 Å². The fourth-order valence-electron chi connectivity index (χ4n) is 2.95. The van der Waals surface area contributed by atoms with Crippen LogP contribution in [-0.4, -0.2) is 53.0 Å². The summed E-state index contributed by atoms with van der Waals surface area (Å²) in [5, 5.41) is 2.73. The number of amides is 1. The van der Waals surface area contributed by atoms with Gasteiger partial charge in [0.15, 0.2) is 17.6 Å². The van der Waals surface area contributed by atoms with Crippen LogP contribution >= 0.6 is 0 Å². The van der Waals surface area contributed by atoms with E-state index in [0.717, 1.165) is 0 Å². The van der Waals surface area contributed by atoms with Crippen molar-refractivity contribution in [3.05, 3.63) is 48.5 Å². The number of nitrogens with one attached hydrogen (secondary N) is 1. The molecule has 3 rings (SSSR count). The van der Waals surface area contributed by atoms with Gasteiger partial charge in [0.05, 0.1) is 31.6 Å². The van der Waals surface area contributed by atoms with E-state index < -0.39 is 22.0 Å². The van der Waals surface area contributed by atoms with Gasteiger partial charge in [-0.25, -0.2) is 8.42 Å². The summed E-state index contributed by atoms with van der Waals surface area (Å²) in [5.74, 6) is 1.07. The molecule has 1 N–H and O–H groups in total. The van der Waals surface area contributed by atoms with Crippen molar-refractivity contribution in [2.75, 3.05) is 36.9 Å². The number of nitrogens with zero attached hydrogens (tertiary/aromatic N) is 1. The molecule has 0 unspecified atom stereocenters. The number of anilines is 1. The molecule has 0 saturated carbocycles. The Morgan fingerprint density at radius 3 is 2.59 bits per heavy atom. The Bertz CT molecular complexity index is 963. The van der Waals surface area contributed by atoms with Crippen LogP contribution in [0.2, 0.25) is 0 Å². The van der Waals surface area contributed by atoms with Gasteiger partial charge in [-0.15, -0.1) is 0 Å². The highest BCUT2D eigenvalue weighted by Crippen LogP contribution is 2.35. The van der Waals surface area contributed by atoms with E-state index in [4.69, 9.17) is 14.2 Å². The summed E-state index contributed by atoms with van der Waals surface area (Å²) in [5.41, 5.74) is 0.443. The fourth-order valence-corrected chi connectivity index (χ4v) is 4.07. The highest BCUT2D eigenvalue weighted by Gasteiger charge is 2.35. The van der Waals surface area contributed by atoms with Gasteiger partial charge in [-0.3, -0.25) is 9.10 Å². The summed E-state index contributed by atoms with van der Waals surface area (Å²) >= 11 is 0. The molecule has 1 aliphatic heterocycles. The zero-order valence-corrected chi connectivity index (χ0v) is 17.1. The number of hydrogen-bond donors (Lipinski definition) is 1. The van der Waals surface area contributed by atoms with Gasteiger partial charge in [0.25, 0.3) is 5.91 Å². The molecule has 29 heavy (non-hydrogen) atoms. The summed E-state index contributed by atoms with van der Waals surface area (Å²) in [6.07, 6.45) is -0.947. The average Bonchev–Trinajstić information content (AvgIpc) is 2.75. The van der Waals surface area contributed by atoms with E-state index in [0.29, 0.717) is 22.9 Å². The zero-order chi connectivity index (χ0) is 20.9. The number of ether oxygens (including phenoxy) is 3. The van der Waals surface area contributed by atoms with Gasteiger partial charge in [-0.1, -0.05) is 24.3 Å². The largest absolute Gasteiger partial charge is 0.493 e. The Morgan fingerprint density at radius 1 is 1.17 bits per heavy atom. The van der Waals surface area contributed by atoms with Crippen LogP contribution in [0.1, 0.15) is 6.92 Å². The van der Waals surface area contributed by atoms with E-state index in [2.05, 4.69) is 5.32 Å². The molecule has 0 spiro atoms. The van der Waals surface area contributed by atoms with E-state index in [-0.39, 0.29) is 25.4 Å². The summed E-state index contributed by atoms with van der Waals surface area (Å²) in [6.45, 7) is 1.95. The number of carbonyl (C=O) groups excluding carboxylic acids is 1. The van der Waals surface area contributed by atoms with Crippen molar-refractivity contribution in [2.45, 2.75) is 13.0 Å². The SMILES string of the molecule is CCS(=O)(=O)N1C[C@H](C(=O)NCCOc2ccccc2OC)Oc2ccccc21. The first-order chi connectivity index (χ1) is 14.0. The summed E-state index contributed by atoms with van der Waals surface area (Å²) in [7, 11) is -1.98. The topological polar surface area (TPSA) is 94.2 Å². The fraction of sp³-hybridized carbons (Fsp3) is 0.350.